The van der Waals surface area contributed by atoms with Gasteiger partial charge in [0.15, 0.2) is 5.82 Å². The summed E-state index contributed by atoms with van der Waals surface area (Å²) in [5.74, 6) is 2.01. The van der Waals surface area contributed by atoms with E-state index in [4.69, 9.17) is 9.26 Å². The second-order valence-electron chi connectivity index (χ2n) is 7.25. The van der Waals surface area contributed by atoms with Gasteiger partial charge in [-0.3, -0.25) is 9.67 Å². The molecule has 0 aliphatic rings. The number of hydrogen-bond donors (Lipinski definition) is 0. The fourth-order valence-corrected chi connectivity index (χ4v) is 3.57. The maximum atomic E-state index is 6.01. The fourth-order valence-electron chi connectivity index (χ4n) is 3.57. The third-order valence-electron chi connectivity index (χ3n) is 5.03. The summed E-state index contributed by atoms with van der Waals surface area (Å²) < 4.78 is 13.3. The Balaban J connectivity index is 1.25. The lowest BCUT2D eigenvalue weighted by molar-refractivity contribution is 0.312. The Kier molecular flexibility index (Phi) is 5.14. The van der Waals surface area contributed by atoms with E-state index in [-0.39, 0.29) is 0 Å². The van der Waals surface area contributed by atoms with Crippen molar-refractivity contribution in [3.05, 3.63) is 79.0 Å². The largest absolute Gasteiger partial charge is 0.493 e. The molecule has 7 heteroatoms. The minimum atomic E-state index is 0.463. The second kappa shape index (κ2) is 8.39. The molecule has 0 radical (unpaired) electrons. The van der Waals surface area contributed by atoms with E-state index in [1.54, 1.807) is 17.1 Å². The van der Waals surface area contributed by atoms with Crippen LogP contribution in [-0.2, 0) is 13.5 Å². The van der Waals surface area contributed by atoms with Crippen LogP contribution >= 0.6 is 0 Å². The first-order valence-electron chi connectivity index (χ1n) is 10.2. The zero-order valence-electron chi connectivity index (χ0n) is 17.1. The number of ether oxygens (including phenoxy) is 1. The Labute approximate surface area is 179 Å². The highest BCUT2D eigenvalue weighted by atomic mass is 16.5. The average molecular weight is 411 g/mol. The van der Waals surface area contributed by atoms with Crippen LogP contribution in [0.5, 0.6) is 5.75 Å². The molecule has 154 valence electrons. The molecule has 0 unspecified atom stereocenters. The van der Waals surface area contributed by atoms with E-state index in [9.17, 15) is 0 Å². The summed E-state index contributed by atoms with van der Waals surface area (Å²) in [4.78, 5) is 8.64. The molecule has 0 aliphatic heterocycles. The van der Waals surface area contributed by atoms with Crippen molar-refractivity contribution < 1.29 is 9.26 Å². The predicted octanol–water partition coefficient (Wildman–Crippen LogP) is 4.70. The van der Waals surface area contributed by atoms with Gasteiger partial charge in [0, 0.05) is 43.0 Å². The number of rotatable bonds is 7. The molecule has 0 atom stereocenters. The molecule has 0 aliphatic carbocycles. The van der Waals surface area contributed by atoms with Crippen molar-refractivity contribution in [3.63, 3.8) is 0 Å². The van der Waals surface area contributed by atoms with E-state index < -0.39 is 0 Å². The lowest BCUT2D eigenvalue weighted by Crippen LogP contribution is -2.00. The Hall–Kier alpha value is -4.00. The summed E-state index contributed by atoms with van der Waals surface area (Å²) in [6.07, 6.45) is 6.81. The highest BCUT2D eigenvalue weighted by Crippen LogP contribution is 2.29. The SMILES string of the molecule is Cn1cc(-c2nc(CCCOc3cccc4ccccc34)no2)c(-c2ccncc2)n1. The molecule has 3 heterocycles. The van der Waals surface area contributed by atoms with Crippen molar-refractivity contribution in [3.8, 4) is 28.5 Å². The van der Waals surface area contributed by atoms with Crippen molar-refractivity contribution in [2.45, 2.75) is 12.8 Å². The molecule has 5 aromatic rings. The lowest BCUT2D eigenvalue weighted by Gasteiger charge is -2.08. The quantitative estimate of drug-likeness (QED) is 0.361. The van der Waals surface area contributed by atoms with Crippen LogP contribution in [0, 0.1) is 0 Å². The molecule has 5 rings (SSSR count). The minimum Gasteiger partial charge on any atom is -0.493 e. The van der Waals surface area contributed by atoms with Gasteiger partial charge in [0.05, 0.1) is 12.2 Å². The first-order chi connectivity index (χ1) is 15.3. The number of aromatic nitrogens is 5. The molecule has 7 nitrogen and oxygen atoms in total. The van der Waals surface area contributed by atoms with Gasteiger partial charge in [0.25, 0.3) is 5.89 Å². The van der Waals surface area contributed by atoms with Crippen LogP contribution in [0.15, 0.2) is 77.7 Å². The van der Waals surface area contributed by atoms with Crippen molar-refractivity contribution in [1.82, 2.24) is 24.9 Å². The molecule has 0 N–H and O–H groups in total. The van der Waals surface area contributed by atoms with Crippen molar-refractivity contribution in [2.75, 3.05) is 6.61 Å². The molecule has 31 heavy (non-hydrogen) atoms. The molecular weight excluding hydrogens is 390 g/mol. The molecule has 0 amide bonds. The van der Waals surface area contributed by atoms with Crippen LogP contribution in [0.25, 0.3) is 33.5 Å². The summed E-state index contributed by atoms with van der Waals surface area (Å²) in [6, 6.07) is 18.1. The Morgan fingerprint density at radius 3 is 2.74 bits per heavy atom. The van der Waals surface area contributed by atoms with Gasteiger partial charge in [0.1, 0.15) is 11.4 Å². The van der Waals surface area contributed by atoms with E-state index >= 15 is 0 Å². The van der Waals surface area contributed by atoms with Gasteiger partial charge in [-0.2, -0.15) is 10.1 Å². The van der Waals surface area contributed by atoms with E-state index in [0.717, 1.165) is 34.4 Å². The van der Waals surface area contributed by atoms with Gasteiger partial charge >= 0.3 is 0 Å². The Morgan fingerprint density at radius 2 is 1.84 bits per heavy atom. The minimum absolute atomic E-state index is 0.463. The fraction of sp³-hybridized carbons (Fsp3) is 0.167. The Bertz CT molecular complexity index is 1300. The standard InChI is InChI=1S/C24H21N5O2/c1-29-16-20(23(27-29)18-11-13-25-14-12-18)24-26-22(28-31-24)10-5-15-30-21-9-4-7-17-6-2-3-8-19(17)21/h2-4,6-9,11-14,16H,5,10,15H2,1H3. The molecule has 0 fully saturated rings. The van der Waals surface area contributed by atoms with Crippen molar-refractivity contribution >= 4 is 10.8 Å². The van der Waals surface area contributed by atoms with Crippen LogP contribution in [0.3, 0.4) is 0 Å². The number of aryl methyl sites for hydroxylation is 2. The van der Waals surface area contributed by atoms with Gasteiger partial charge in [-0.05, 0) is 30.0 Å². The molecular formula is C24H21N5O2. The second-order valence-corrected chi connectivity index (χ2v) is 7.25. The summed E-state index contributed by atoms with van der Waals surface area (Å²) in [5, 5.41) is 11.0. The zero-order valence-corrected chi connectivity index (χ0v) is 17.1. The number of pyridine rings is 1. The first kappa shape index (κ1) is 19.0. The summed E-state index contributed by atoms with van der Waals surface area (Å²) >= 11 is 0. The van der Waals surface area contributed by atoms with Gasteiger partial charge in [-0.1, -0.05) is 41.6 Å². The average Bonchev–Trinajstić information content (AvgIpc) is 3.44. The molecule has 0 saturated heterocycles. The number of benzene rings is 2. The maximum absolute atomic E-state index is 6.01. The maximum Gasteiger partial charge on any atom is 0.261 e. The van der Waals surface area contributed by atoms with Crippen molar-refractivity contribution in [1.29, 1.82) is 0 Å². The van der Waals surface area contributed by atoms with E-state index in [1.807, 2.05) is 49.6 Å². The third-order valence-corrected chi connectivity index (χ3v) is 5.03. The topological polar surface area (TPSA) is 78.9 Å². The van der Waals surface area contributed by atoms with Crippen LogP contribution in [0.1, 0.15) is 12.2 Å². The summed E-state index contributed by atoms with van der Waals surface area (Å²) in [5.41, 5.74) is 2.55. The number of hydrogen-bond acceptors (Lipinski definition) is 6. The van der Waals surface area contributed by atoms with Crippen LogP contribution in [-0.4, -0.2) is 31.5 Å². The smallest absolute Gasteiger partial charge is 0.261 e. The molecule has 0 bridgehead atoms. The summed E-state index contributed by atoms with van der Waals surface area (Å²) in [7, 11) is 1.87. The van der Waals surface area contributed by atoms with Gasteiger partial charge in [-0.15, -0.1) is 0 Å². The van der Waals surface area contributed by atoms with Gasteiger partial charge < -0.3 is 9.26 Å². The number of nitrogens with zero attached hydrogens (tertiary/aromatic N) is 5. The summed E-state index contributed by atoms with van der Waals surface area (Å²) in [6.45, 7) is 0.576. The molecule has 0 spiro atoms. The molecule has 2 aromatic carbocycles. The lowest BCUT2D eigenvalue weighted by atomic mass is 10.1. The van der Waals surface area contributed by atoms with Crippen molar-refractivity contribution in [2.24, 2.45) is 7.05 Å². The van der Waals surface area contributed by atoms with E-state index in [2.05, 4.69) is 38.4 Å². The monoisotopic (exact) mass is 411 g/mol. The first-order valence-corrected chi connectivity index (χ1v) is 10.2. The van der Waals surface area contributed by atoms with Gasteiger partial charge in [0.2, 0.25) is 0 Å². The van der Waals surface area contributed by atoms with Crippen LogP contribution in [0.4, 0.5) is 0 Å². The van der Waals surface area contributed by atoms with E-state index in [1.165, 1.54) is 5.39 Å². The highest BCUT2D eigenvalue weighted by Gasteiger charge is 2.18. The normalized spacial score (nSPS) is 11.1. The van der Waals surface area contributed by atoms with E-state index in [0.29, 0.717) is 24.7 Å². The predicted molar refractivity (Wildman–Crippen MR) is 117 cm³/mol. The molecule has 3 aromatic heterocycles. The van der Waals surface area contributed by atoms with Crippen LogP contribution in [0.2, 0.25) is 0 Å². The zero-order chi connectivity index (χ0) is 21.0. The van der Waals surface area contributed by atoms with Gasteiger partial charge in [-0.25, -0.2) is 0 Å². The highest BCUT2D eigenvalue weighted by molar-refractivity contribution is 5.88. The Morgan fingerprint density at radius 1 is 1.00 bits per heavy atom. The molecule has 0 saturated carbocycles. The third kappa shape index (κ3) is 4.02. The number of fused-ring (bicyclic) bond motifs is 1. The van der Waals surface area contributed by atoms with Crippen LogP contribution < -0.4 is 4.74 Å².